The molecule has 0 saturated carbocycles. The topological polar surface area (TPSA) is 29.1 Å². The number of ketones is 1. The first-order valence-corrected chi connectivity index (χ1v) is 4.66. The van der Waals surface area contributed by atoms with Gasteiger partial charge in [0.05, 0.1) is 0 Å². The molecule has 2 rings (SSSR count). The fraction of sp³-hybridized carbons (Fsp3) is 0.364. The number of carbonyl (C=O) groups excluding carboxylic acids is 1. The molecule has 68 valence electrons. The molecule has 2 nitrogen and oxygen atoms in total. The van der Waals surface area contributed by atoms with Crippen molar-refractivity contribution in [3.05, 3.63) is 29.3 Å². The summed E-state index contributed by atoms with van der Waals surface area (Å²) >= 11 is 0. The lowest BCUT2D eigenvalue weighted by atomic mass is 10.0. The number of carbonyl (C=O) groups is 1. The van der Waals surface area contributed by atoms with Gasteiger partial charge in [0.1, 0.15) is 0 Å². The zero-order chi connectivity index (χ0) is 9.26. The van der Waals surface area contributed by atoms with Gasteiger partial charge in [-0.05, 0) is 25.0 Å². The van der Waals surface area contributed by atoms with Crippen LogP contribution in [0.5, 0.6) is 0 Å². The summed E-state index contributed by atoms with van der Waals surface area (Å²) in [6.07, 6.45) is 1.61. The Morgan fingerprint density at radius 3 is 3.08 bits per heavy atom. The number of aryl methyl sites for hydroxylation is 1. The molecule has 0 spiro atoms. The number of hydrogen-bond donors (Lipinski definition) is 1. The first kappa shape index (κ1) is 8.30. The molecule has 0 aliphatic carbocycles. The van der Waals surface area contributed by atoms with Crippen molar-refractivity contribution in [1.82, 2.24) is 0 Å². The lowest BCUT2D eigenvalue weighted by Crippen LogP contribution is -2.02. The van der Waals surface area contributed by atoms with E-state index in [1.54, 1.807) is 0 Å². The van der Waals surface area contributed by atoms with E-state index in [-0.39, 0.29) is 5.78 Å². The third kappa shape index (κ3) is 1.44. The number of nitrogens with one attached hydrogen (secondary N) is 1. The number of fused-ring (bicyclic) bond motifs is 1. The second kappa shape index (κ2) is 3.21. The predicted molar refractivity (Wildman–Crippen MR) is 53.2 cm³/mol. The van der Waals surface area contributed by atoms with E-state index in [1.807, 2.05) is 25.1 Å². The molecule has 0 saturated heterocycles. The smallest absolute Gasteiger partial charge is 0.165 e. The van der Waals surface area contributed by atoms with E-state index in [1.165, 1.54) is 0 Å². The number of rotatable bonds is 0. The van der Waals surface area contributed by atoms with Gasteiger partial charge in [-0.1, -0.05) is 12.1 Å². The molecule has 13 heavy (non-hydrogen) atoms. The molecule has 0 radical (unpaired) electrons. The normalized spacial score (nSPS) is 15.9. The van der Waals surface area contributed by atoms with Crippen molar-refractivity contribution in [2.75, 3.05) is 11.9 Å². The summed E-state index contributed by atoms with van der Waals surface area (Å²) in [6, 6.07) is 5.88. The van der Waals surface area contributed by atoms with Gasteiger partial charge in [0.2, 0.25) is 0 Å². The van der Waals surface area contributed by atoms with Gasteiger partial charge in [-0.3, -0.25) is 4.79 Å². The van der Waals surface area contributed by atoms with Crippen LogP contribution >= 0.6 is 0 Å². The van der Waals surface area contributed by atoms with Crippen molar-refractivity contribution in [2.24, 2.45) is 0 Å². The van der Waals surface area contributed by atoms with Crippen molar-refractivity contribution in [2.45, 2.75) is 19.8 Å². The maximum Gasteiger partial charge on any atom is 0.165 e. The van der Waals surface area contributed by atoms with Crippen molar-refractivity contribution in [1.29, 1.82) is 0 Å². The number of anilines is 1. The van der Waals surface area contributed by atoms with Crippen molar-refractivity contribution >= 4 is 11.5 Å². The maximum absolute atomic E-state index is 11.6. The molecule has 1 N–H and O–H groups in total. The molecule has 0 fully saturated rings. The molecule has 1 aromatic rings. The lowest BCUT2D eigenvalue weighted by molar-refractivity contribution is 0.0984. The van der Waals surface area contributed by atoms with Gasteiger partial charge < -0.3 is 5.32 Å². The fourth-order valence-corrected chi connectivity index (χ4v) is 1.73. The highest BCUT2D eigenvalue weighted by Gasteiger charge is 2.15. The molecule has 2 heteroatoms. The summed E-state index contributed by atoms with van der Waals surface area (Å²) < 4.78 is 0. The Balaban J connectivity index is 2.54. The highest BCUT2D eigenvalue weighted by Crippen LogP contribution is 2.24. The van der Waals surface area contributed by atoms with Crippen molar-refractivity contribution in [3.63, 3.8) is 0 Å². The number of Topliss-reactive ketones (excluding diaryl/α,β-unsaturated/α-hetero) is 1. The highest BCUT2D eigenvalue weighted by molar-refractivity contribution is 6.02. The Bertz CT molecular complexity index is 344. The van der Waals surface area contributed by atoms with Gasteiger partial charge >= 0.3 is 0 Å². The van der Waals surface area contributed by atoms with Gasteiger partial charge in [-0.2, -0.15) is 0 Å². The van der Waals surface area contributed by atoms with Crippen LogP contribution < -0.4 is 5.32 Å². The minimum Gasteiger partial charge on any atom is -0.384 e. The zero-order valence-electron chi connectivity index (χ0n) is 7.76. The van der Waals surface area contributed by atoms with E-state index < -0.39 is 0 Å². The summed E-state index contributed by atoms with van der Waals surface area (Å²) in [5.41, 5.74) is 3.05. The molecule has 0 atom stereocenters. The van der Waals surface area contributed by atoms with Gasteiger partial charge in [0, 0.05) is 24.2 Å². The Morgan fingerprint density at radius 1 is 1.38 bits per heavy atom. The van der Waals surface area contributed by atoms with E-state index in [2.05, 4.69) is 5.32 Å². The molecule has 0 unspecified atom stereocenters. The Kier molecular flexibility index (Phi) is 2.05. The standard InChI is InChI=1S/C11H13NO/c1-8-4-2-5-9-10(13)6-3-7-12-11(8)9/h2,4-5,12H,3,6-7H2,1H3. The summed E-state index contributed by atoms with van der Waals surface area (Å²) in [7, 11) is 0. The molecular formula is C11H13NO. The van der Waals surface area contributed by atoms with Crippen LogP contribution in [-0.2, 0) is 0 Å². The van der Waals surface area contributed by atoms with E-state index in [0.717, 1.165) is 29.8 Å². The third-order valence-corrected chi connectivity index (χ3v) is 2.46. The van der Waals surface area contributed by atoms with E-state index in [4.69, 9.17) is 0 Å². The molecular weight excluding hydrogens is 162 g/mol. The van der Waals surface area contributed by atoms with Gasteiger partial charge in [-0.15, -0.1) is 0 Å². The second-order valence-electron chi connectivity index (χ2n) is 3.45. The average molecular weight is 175 g/mol. The monoisotopic (exact) mass is 175 g/mol. The first-order chi connectivity index (χ1) is 6.29. The molecule has 0 aromatic heterocycles. The molecule has 1 aromatic carbocycles. The fourth-order valence-electron chi connectivity index (χ4n) is 1.73. The Labute approximate surface area is 78.0 Å². The lowest BCUT2D eigenvalue weighted by Gasteiger charge is -2.09. The molecule has 0 bridgehead atoms. The van der Waals surface area contributed by atoms with Crippen LogP contribution in [0.2, 0.25) is 0 Å². The number of hydrogen-bond acceptors (Lipinski definition) is 2. The molecule has 1 aliphatic heterocycles. The van der Waals surface area contributed by atoms with E-state index in [9.17, 15) is 4.79 Å². The first-order valence-electron chi connectivity index (χ1n) is 4.66. The van der Waals surface area contributed by atoms with E-state index in [0.29, 0.717) is 6.42 Å². The SMILES string of the molecule is Cc1cccc2c1NCCCC2=O. The predicted octanol–water partition coefficient (Wildman–Crippen LogP) is 2.38. The van der Waals surface area contributed by atoms with Crippen LogP contribution in [0.3, 0.4) is 0 Å². The van der Waals surface area contributed by atoms with E-state index >= 15 is 0 Å². The largest absolute Gasteiger partial charge is 0.384 e. The van der Waals surface area contributed by atoms with Crippen LogP contribution in [0.1, 0.15) is 28.8 Å². The van der Waals surface area contributed by atoms with Gasteiger partial charge in [0.25, 0.3) is 0 Å². The van der Waals surface area contributed by atoms with Crippen LogP contribution in [0.4, 0.5) is 5.69 Å². The molecule has 1 heterocycles. The van der Waals surface area contributed by atoms with Crippen LogP contribution in [0.25, 0.3) is 0 Å². The summed E-state index contributed by atoms with van der Waals surface area (Å²) in [6.45, 7) is 2.94. The van der Waals surface area contributed by atoms with Crippen molar-refractivity contribution < 1.29 is 4.79 Å². The minimum atomic E-state index is 0.267. The van der Waals surface area contributed by atoms with Gasteiger partial charge in [0.15, 0.2) is 5.78 Å². The van der Waals surface area contributed by atoms with Crippen LogP contribution in [-0.4, -0.2) is 12.3 Å². The summed E-state index contributed by atoms with van der Waals surface area (Å²) in [5, 5.41) is 3.30. The Hall–Kier alpha value is -1.31. The third-order valence-electron chi connectivity index (χ3n) is 2.46. The summed E-state index contributed by atoms with van der Waals surface area (Å²) in [4.78, 5) is 11.6. The number of para-hydroxylation sites is 1. The highest BCUT2D eigenvalue weighted by atomic mass is 16.1. The molecule has 0 amide bonds. The maximum atomic E-state index is 11.6. The zero-order valence-corrected chi connectivity index (χ0v) is 7.76. The minimum absolute atomic E-state index is 0.267. The number of benzene rings is 1. The van der Waals surface area contributed by atoms with Crippen LogP contribution in [0, 0.1) is 6.92 Å². The van der Waals surface area contributed by atoms with Crippen LogP contribution in [0.15, 0.2) is 18.2 Å². The second-order valence-corrected chi connectivity index (χ2v) is 3.45. The average Bonchev–Trinajstić information content (AvgIpc) is 2.30. The quantitative estimate of drug-likeness (QED) is 0.656. The summed E-state index contributed by atoms with van der Waals surface area (Å²) in [5.74, 6) is 0.267. The van der Waals surface area contributed by atoms with Gasteiger partial charge in [-0.25, -0.2) is 0 Å². The molecule has 1 aliphatic rings. The Morgan fingerprint density at radius 2 is 2.23 bits per heavy atom. The van der Waals surface area contributed by atoms with Crippen molar-refractivity contribution in [3.8, 4) is 0 Å².